The number of nitrogens with zero attached hydrogens (tertiary/aromatic N) is 1. The minimum absolute atomic E-state index is 0.00417. The van der Waals surface area contributed by atoms with E-state index in [2.05, 4.69) is 10.3 Å². The molecule has 0 aliphatic carbocycles. The molecule has 1 atom stereocenters. The highest BCUT2D eigenvalue weighted by Gasteiger charge is 2.09. The molecule has 3 N–H and O–H groups in total. The van der Waals surface area contributed by atoms with E-state index in [0.717, 1.165) is 11.2 Å². The molecule has 1 amide bonds. The van der Waals surface area contributed by atoms with Crippen molar-refractivity contribution in [3.8, 4) is 0 Å². The van der Waals surface area contributed by atoms with Gasteiger partial charge in [0.05, 0.1) is 0 Å². The highest BCUT2D eigenvalue weighted by molar-refractivity contribution is 7.17. The Morgan fingerprint density at radius 1 is 1.62 bits per heavy atom. The number of nitrogens with two attached hydrogens (primary N) is 1. The van der Waals surface area contributed by atoms with Crippen LogP contribution in [-0.4, -0.2) is 16.9 Å². The summed E-state index contributed by atoms with van der Waals surface area (Å²) < 4.78 is 1.18. The molecule has 0 spiro atoms. The second-order valence-corrected chi connectivity index (χ2v) is 4.66. The van der Waals surface area contributed by atoms with E-state index in [1.165, 1.54) is 4.70 Å². The molecular weight excluding hydrogens is 222 g/mol. The zero-order valence-electron chi connectivity index (χ0n) is 8.93. The van der Waals surface area contributed by atoms with Crippen molar-refractivity contribution < 1.29 is 4.79 Å². The molecule has 2 aromatic rings. The largest absolute Gasteiger partial charge is 0.370 e. The summed E-state index contributed by atoms with van der Waals surface area (Å²) in [5.74, 6) is 0.505. The summed E-state index contributed by atoms with van der Waals surface area (Å²) >= 11 is 1.67. The van der Waals surface area contributed by atoms with Crippen molar-refractivity contribution in [1.82, 2.24) is 4.98 Å². The molecule has 0 saturated carbocycles. The number of carbonyl (C=O) groups is 1. The van der Waals surface area contributed by atoms with Crippen molar-refractivity contribution in [3.05, 3.63) is 23.7 Å². The zero-order chi connectivity index (χ0) is 11.5. The first-order valence-corrected chi connectivity index (χ1v) is 5.92. The molecule has 5 heteroatoms. The number of amides is 1. The SMILES string of the molecule is CC(CC(N)=O)Nc1nccc2sccc12. The molecule has 4 nitrogen and oxygen atoms in total. The van der Waals surface area contributed by atoms with E-state index in [-0.39, 0.29) is 11.9 Å². The van der Waals surface area contributed by atoms with E-state index >= 15 is 0 Å². The molecule has 16 heavy (non-hydrogen) atoms. The van der Waals surface area contributed by atoms with Crippen LogP contribution in [0.3, 0.4) is 0 Å². The van der Waals surface area contributed by atoms with Crippen LogP contribution >= 0.6 is 11.3 Å². The molecule has 0 bridgehead atoms. The Labute approximate surface area is 97.5 Å². The van der Waals surface area contributed by atoms with E-state index in [1.807, 2.05) is 24.4 Å². The Kier molecular flexibility index (Phi) is 3.05. The van der Waals surface area contributed by atoms with Crippen molar-refractivity contribution in [2.75, 3.05) is 5.32 Å². The van der Waals surface area contributed by atoms with Gasteiger partial charge in [-0.3, -0.25) is 4.79 Å². The number of anilines is 1. The van der Waals surface area contributed by atoms with Crippen LogP contribution in [0.4, 0.5) is 5.82 Å². The summed E-state index contributed by atoms with van der Waals surface area (Å²) in [7, 11) is 0. The molecule has 0 radical (unpaired) electrons. The van der Waals surface area contributed by atoms with Crippen LogP contribution in [0.15, 0.2) is 23.7 Å². The molecule has 84 valence electrons. The lowest BCUT2D eigenvalue weighted by atomic mass is 10.2. The molecule has 0 aliphatic heterocycles. The fourth-order valence-electron chi connectivity index (χ4n) is 1.60. The van der Waals surface area contributed by atoms with Gasteiger partial charge in [0.25, 0.3) is 0 Å². The number of thiophene rings is 1. The monoisotopic (exact) mass is 235 g/mol. The summed E-state index contributed by atoms with van der Waals surface area (Å²) in [6.45, 7) is 1.91. The Balaban J connectivity index is 2.20. The third-order valence-corrected chi connectivity index (χ3v) is 3.15. The number of carbonyl (C=O) groups excluding carboxylic acids is 1. The van der Waals surface area contributed by atoms with E-state index < -0.39 is 0 Å². The second-order valence-electron chi connectivity index (χ2n) is 3.71. The number of hydrogen-bond acceptors (Lipinski definition) is 4. The first kappa shape index (κ1) is 10.9. The van der Waals surface area contributed by atoms with Crippen molar-refractivity contribution in [1.29, 1.82) is 0 Å². The van der Waals surface area contributed by atoms with E-state index in [0.29, 0.717) is 6.42 Å². The van der Waals surface area contributed by atoms with Crippen LogP contribution in [0.1, 0.15) is 13.3 Å². The summed E-state index contributed by atoms with van der Waals surface area (Å²) in [4.78, 5) is 15.0. The standard InChI is InChI=1S/C11H13N3OS/c1-7(6-10(12)15)14-11-8-3-5-16-9(8)2-4-13-11/h2-5,7H,6H2,1H3,(H2,12,15)(H,13,14). The minimum atomic E-state index is -0.308. The van der Waals surface area contributed by atoms with E-state index in [1.54, 1.807) is 17.5 Å². The number of nitrogens with one attached hydrogen (secondary N) is 1. The summed E-state index contributed by atoms with van der Waals surface area (Å²) in [5.41, 5.74) is 5.14. The maximum atomic E-state index is 10.8. The van der Waals surface area contributed by atoms with Gasteiger partial charge < -0.3 is 11.1 Å². The highest BCUT2D eigenvalue weighted by Crippen LogP contribution is 2.26. The molecule has 0 aromatic carbocycles. The first-order chi connectivity index (χ1) is 7.66. The maximum absolute atomic E-state index is 10.8. The van der Waals surface area contributed by atoms with Crippen molar-refractivity contribution >= 4 is 33.1 Å². The fraction of sp³-hybridized carbons (Fsp3) is 0.273. The van der Waals surface area contributed by atoms with Crippen LogP contribution in [0.25, 0.3) is 10.1 Å². The fourth-order valence-corrected chi connectivity index (χ4v) is 2.38. The smallest absolute Gasteiger partial charge is 0.219 e. The highest BCUT2D eigenvalue weighted by atomic mass is 32.1. The summed E-state index contributed by atoms with van der Waals surface area (Å²) in [6, 6.07) is 3.99. The van der Waals surface area contributed by atoms with Crippen LogP contribution in [0, 0.1) is 0 Å². The molecule has 2 aromatic heterocycles. The third kappa shape index (κ3) is 2.30. The molecule has 2 rings (SSSR count). The quantitative estimate of drug-likeness (QED) is 0.851. The molecule has 0 fully saturated rings. The lowest BCUT2D eigenvalue weighted by molar-refractivity contribution is -0.118. The van der Waals surface area contributed by atoms with Crippen LogP contribution in [0.2, 0.25) is 0 Å². The Bertz CT molecular complexity index is 509. The van der Waals surface area contributed by atoms with Gasteiger partial charge in [0.1, 0.15) is 5.82 Å². The van der Waals surface area contributed by atoms with Gasteiger partial charge in [-0.1, -0.05) is 0 Å². The second kappa shape index (κ2) is 4.49. The van der Waals surface area contributed by atoms with Crippen LogP contribution < -0.4 is 11.1 Å². The van der Waals surface area contributed by atoms with Gasteiger partial charge in [-0.05, 0) is 24.4 Å². The van der Waals surface area contributed by atoms with Gasteiger partial charge in [0, 0.05) is 28.7 Å². The number of primary amides is 1. The number of fused-ring (bicyclic) bond motifs is 1. The predicted octanol–water partition coefficient (Wildman–Crippen LogP) is 1.97. The Hall–Kier alpha value is -1.62. The van der Waals surface area contributed by atoms with Gasteiger partial charge in [0.15, 0.2) is 0 Å². The third-order valence-electron chi connectivity index (χ3n) is 2.27. The average Bonchev–Trinajstić information content (AvgIpc) is 2.65. The maximum Gasteiger partial charge on any atom is 0.219 e. The number of aromatic nitrogens is 1. The average molecular weight is 235 g/mol. The predicted molar refractivity (Wildman–Crippen MR) is 66.5 cm³/mol. The topological polar surface area (TPSA) is 68.0 Å². The van der Waals surface area contributed by atoms with Gasteiger partial charge in [-0.2, -0.15) is 0 Å². The molecule has 1 unspecified atom stereocenters. The van der Waals surface area contributed by atoms with Crippen molar-refractivity contribution in [3.63, 3.8) is 0 Å². The molecule has 2 heterocycles. The first-order valence-electron chi connectivity index (χ1n) is 5.04. The normalized spacial score (nSPS) is 12.6. The summed E-state index contributed by atoms with van der Waals surface area (Å²) in [6.07, 6.45) is 2.07. The van der Waals surface area contributed by atoms with Crippen LogP contribution in [0.5, 0.6) is 0 Å². The lowest BCUT2D eigenvalue weighted by Gasteiger charge is -2.13. The number of rotatable bonds is 4. The van der Waals surface area contributed by atoms with Gasteiger partial charge in [0.2, 0.25) is 5.91 Å². The van der Waals surface area contributed by atoms with Gasteiger partial charge >= 0.3 is 0 Å². The van der Waals surface area contributed by atoms with E-state index in [9.17, 15) is 4.79 Å². The number of pyridine rings is 1. The Morgan fingerprint density at radius 2 is 2.44 bits per heavy atom. The number of hydrogen-bond donors (Lipinski definition) is 2. The Morgan fingerprint density at radius 3 is 3.19 bits per heavy atom. The molecule has 0 saturated heterocycles. The van der Waals surface area contributed by atoms with E-state index in [4.69, 9.17) is 5.73 Å². The lowest BCUT2D eigenvalue weighted by Crippen LogP contribution is -2.24. The van der Waals surface area contributed by atoms with Gasteiger partial charge in [-0.25, -0.2) is 4.98 Å². The van der Waals surface area contributed by atoms with Crippen molar-refractivity contribution in [2.45, 2.75) is 19.4 Å². The van der Waals surface area contributed by atoms with Crippen molar-refractivity contribution in [2.24, 2.45) is 5.73 Å². The van der Waals surface area contributed by atoms with Gasteiger partial charge in [-0.15, -0.1) is 11.3 Å². The molecular formula is C11H13N3OS. The summed E-state index contributed by atoms with van der Waals surface area (Å²) in [5, 5.41) is 6.31. The minimum Gasteiger partial charge on any atom is -0.370 e. The van der Waals surface area contributed by atoms with Crippen LogP contribution in [-0.2, 0) is 4.79 Å². The zero-order valence-corrected chi connectivity index (χ0v) is 9.75. The molecule has 0 aliphatic rings.